The van der Waals surface area contributed by atoms with Crippen molar-refractivity contribution in [1.82, 2.24) is 15.0 Å². The van der Waals surface area contributed by atoms with Crippen LogP contribution in [0.4, 0.5) is 0 Å². The van der Waals surface area contributed by atoms with Crippen molar-refractivity contribution in [2.24, 2.45) is 0 Å². The van der Waals surface area contributed by atoms with Crippen LogP contribution in [0.5, 0.6) is 0 Å². The Morgan fingerprint density at radius 2 is 1.76 bits per heavy atom. The standard InChI is InChI=1S/C25H31N3O/c1-6-11-17(2)28-24-19-13-8-7-12-18(19)16-22(29-25(3,4)5)20-14-9-10-15-21(20)23(24)26-27-28/h7-10,12-15,17,22H,6,11,16H2,1-5H3. The third-order valence-corrected chi connectivity index (χ3v) is 5.55. The van der Waals surface area contributed by atoms with Crippen LogP contribution in [0, 0.1) is 0 Å². The van der Waals surface area contributed by atoms with E-state index < -0.39 is 0 Å². The van der Waals surface area contributed by atoms with E-state index >= 15 is 0 Å². The average Bonchev–Trinajstić information content (AvgIpc) is 3.10. The molecule has 0 N–H and O–H groups in total. The van der Waals surface area contributed by atoms with E-state index in [1.165, 1.54) is 16.7 Å². The highest BCUT2D eigenvalue weighted by atomic mass is 16.5. The van der Waals surface area contributed by atoms with Crippen LogP contribution >= 0.6 is 0 Å². The van der Waals surface area contributed by atoms with Crippen LogP contribution in [0.25, 0.3) is 22.5 Å². The highest BCUT2D eigenvalue weighted by molar-refractivity contribution is 5.82. The molecule has 2 aromatic carbocycles. The fraction of sp³-hybridized carbons (Fsp3) is 0.440. The third kappa shape index (κ3) is 3.86. The third-order valence-electron chi connectivity index (χ3n) is 5.55. The van der Waals surface area contributed by atoms with Crippen LogP contribution in [0.2, 0.25) is 0 Å². The van der Waals surface area contributed by atoms with Crippen molar-refractivity contribution < 1.29 is 4.74 Å². The summed E-state index contributed by atoms with van der Waals surface area (Å²) in [6, 6.07) is 17.5. The summed E-state index contributed by atoms with van der Waals surface area (Å²) in [5.41, 5.74) is 6.66. The molecule has 4 rings (SSSR count). The number of hydrogen-bond acceptors (Lipinski definition) is 3. The van der Waals surface area contributed by atoms with Crippen LogP contribution < -0.4 is 0 Å². The van der Waals surface area contributed by atoms with Crippen LogP contribution in [-0.4, -0.2) is 20.6 Å². The molecule has 2 atom stereocenters. The molecule has 0 aliphatic heterocycles. The van der Waals surface area contributed by atoms with E-state index in [0.29, 0.717) is 6.04 Å². The quantitative estimate of drug-likeness (QED) is 0.519. The molecule has 152 valence electrons. The van der Waals surface area contributed by atoms with Gasteiger partial charge >= 0.3 is 0 Å². The maximum atomic E-state index is 6.55. The maximum Gasteiger partial charge on any atom is 0.121 e. The molecule has 0 amide bonds. The van der Waals surface area contributed by atoms with Gasteiger partial charge in [0.2, 0.25) is 0 Å². The molecule has 0 saturated heterocycles. The summed E-state index contributed by atoms with van der Waals surface area (Å²) < 4.78 is 8.67. The monoisotopic (exact) mass is 389 g/mol. The fourth-order valence-corrected chi connectivity index (χ4v) is 4.34. The van der Waals surface area contributed by atoms with E-state index in [0.717, 1.165) is 36.2 Å². The summed E-state index contributed by atoms with van der Waals surface area (Å²) in [6.07, 6.45) is 3.00. The zero-order chi connectivity index (χ0) is 20.6. The largest absolute Gasteiger partial charge is 0.368 e. The molecular weight excluding hydrogens is 358 g/mol. The molecule has 2 unspecified atom stereocenters. The Morgan fingerprint density at radius 3 is 2.48 bits per heavy atom. The predicted molar refractivity (Wildman–Crippen MR) is 118 cm³/mol. The number of ether oxygens (including phenoxy) is 1. The van der Waals surface area contributed by atoms with Gasteiger partial charge < -0.3 is 4.74 Å². The molecule has 1 aromatic heterocycles. The minimum atomic E-state index is -0.234. The fourth-order valence-electron chi connectivity index (χ4n) is 4.34. The number of hydrogen-bond donors (Lipinski definition) is 0. The number of benzene rings is 2. The Balaban J connectivity index is 1.97. The first-order valence-electron chi connectivity index (χ1n) is 10.7. The van der Waals surface area contributed by atoms with Crippen molar-refractivity contribution >= 4 is 0 Å². The highest BCUT2D eigenvalue weighted by Gasteiger charge is 2.31. The van der Waals surface area contributed by atoms with Gasteiger partial charge in [0.1, 0.15) is 5.69 Å². The predicted octanol–water partition coefficient (Wildman–Crippen LogP) is 6.39. The summed E-state index contributed by atoms with van der Waals surface area (Å²) in [5, 5.41) is 9.31. The smallest absolute Gasteiger partial charge is 0.121 e. The molecule has 0 saturated carbocycles. The Hall–Kier alpha value is -2.46. The van der Waals surface area contributed by atoms with Gasteiger partial charge in [-0.1, -0.05) is 67.1 Å². The minimum Gasteiger partial charge on any atom is -0.368 e. The van der Waals surface area contributed by atoms with E-state index in [1.807, 2.05) is 0 Å². The van der Waals surface area contributed by atoms with Crippen LogP contribution in [0.1, 0.15) is 70.7 Å². The summed E-state index contributed by atoms with van der Waals surface area (Å²) in [4.78, 5) is 0. The van der Waals surface area contributed by atoms with Crippen LogP contribution in [-0.2, 0) is 11.2 Å². The lowest BCUT2D eigenvalue weighted by Crippen LogP contribution is -2.25. The second kappa shape index (κ2) is 7.75. The molecule has 1 aliphatic rings. The van der Waals surface area contributed by atoms with Gasteiger partial charge in [-0.2, -0.15) is 0 Å². The number of fused-ring (bicyclic) bond motifs is 5. The van der Waals surface area contributed by atoms with Gasteiger partial charge in [-0.05, 0) is 45.2 Å². The first-order valence-corrected chi connectivity index (χ1v) is 10.7. The summed E-state index contributed by atoms with van der Waals surface area (Å²) >= 11 is 0. The lowest BCUT2D eigenvalue weighted by atomic mass is 9.87. The lowest BCUT2D eigenvalue weighted by Gasteiger charge is -2.31. The molecule has 0 fully saturated rings. The summed E-state index contributed by atoms with van der Waals surface area (Å²) in [6.45, 7) is 10.8. The van der Waals surface area contributed by atoms with Crippen molar-refractivity contribution in [2.75, 3.05) is 0 Å². The molecule has 0 spiro atoms. The highest BCUT2D eigenvalue weighted by Crippen LogP contribution is 2.43. The zero-order valence-corrected chi connectivity index (χ0v) is 18.1. The molecule has 29 heavy (non-hydrogen) atoms. The number of aromatic nitrogens is 3. The molecule has 3 aromatic rings. The van der Waals surface area contributed by atoms with Crippen molar-refractivity contribution in [3.05, 3.63) is 59.7 Å². The summed E-state index contributed by atoms with van der Waals surface area (Å²) in [5.74, 6) is 0. The van der Waals surface area contributed by atoms with Gasteiger partial charge in [-0.3, -0.25) is 0 Å². The van der Waals surface area contributed by atoms with Crippen LogP contribution in [0.15, 0.2) is 48.5 Å². The SMILES string of the molecule is CCCC(C)n1nnc2c1-c1ccccc1CC(OC(C)(C)C)c1ccccc1-2. The van der Waals surface area contributed by atoms with Crippen LogP contribution in [0.3, 0.4) is 0 Å². The Kier molecular flexibility index (Phi) is 5.30. The summed E-state index contributed by atoms with van der Waals surface area (Å²) in [7, 11) is 0. The molecule has 0 bridgehead atoms. The van der Waals surface area contributed by atoms with Gasteiger partial charge in [0.15, 0.2) is 0 Å². The normalized spacial score (nSPS) is 16.9. The maximum absolute atomic E-state index is 6.55. The molecule has 0 radical (unpaired) electrons. The van der Waals surface area contributed by atoms with E-state index in [-0.39, 0.29) is 11.7 Å². The average molecular weight is 390 g/mol. The molecule has 4 heteroatoms. The van der Waals surface area contributed by atoms with E-state index in [2.05, 4.69) is 93.0 Å². The Morgan fingerprint density at radius 1 is 1.07 bits per heavy atom. The number of nitrogens with zero attached hydrogens (tertiary/aromatic N) is 3. The van der Waals surface area contributed by atoms with E-state index in [9.17, 15) is 0 Å². The van der Waals surface area contributed by atoms with Gasteiger partial charge in [0.25, 0.3) is 0 Å². The van der Waals surface area contributed by atoms with E-state index in [4.69, 9.17) is 9.84 Å². The van der Waals surface area contributed by atoms with Gasteiger partial charge in [0.05, 0.1) is 23.4 Å². The lowest BCUT2D eigenvalue weighted by molar-refractivity contribution is -0.0611. The first-order chi connectivity index (χ1) is 13.9. The molecule has 1 aliphatic carbocycles. The molecule has 4 nitrogen and oxygen atoms in total. The second-order valence-electron chi connectivity index (χ2n) is 9.04. The van der Waals surface area contributed by atoms with Gasteiger partial charge in [-0.25, -0.2) is 4.68 Å². The zero-order valence-electron chi connectivity index (χ0n) is 18.1. The molecule has 1 heterocycles. The Labute approximate surface area is 173 Å². The topological polar surface area (TPSA) is 39.9 Å². The van der Waals surface area contributed by atoms with Crippen molar-refractivity contribution in [3.8, 4) is 22.5 Å². The van der Waals surface area contributed by atoms with E-state index in [1.54, 1.807) is 0 Å². The van der Waals surface area contributed by atoms with Crippen molar-refractivity contribution in [3.63, 3.8) is 0 Å². The second-order valence-corrected chi connectivity index (χ2v) is 9.04. The van der Waals surface area contributed by atoms with Gasteiger partial charge in [-0.15, -0.1) is 5.10 Å². The van der Waals surface area contributed by atoms with Crippen molar-refractivity contribution in [2.45, 2.75) is 71.6 Å². The minimum absolute atomic E-state index is 0.0290. The molecular formula is C25H31N3O. The van der Waals surface area contributed by atoms with Gasteiger partial charge in [0, 0.05) is 17.5 Å². The Bertz CT molecular complexity index is 999. The number of rotatable bonds is 4. The first kappa shape index (κ1) is 19.8. The van der Waals surface area contributed by atoms with Crippen molar-refractivity contribution in [1.29, 1.82) is 0 Å².